The number of amides is 3. The molecule has 1 heterocycles. The number of nitrogens with zero attached hydrogens (tertiary/aromatic N) is 1. The zero-order valence-corrected chi connectivity index (χ0v) is 15.2. The number of rotatable bonds is 3. The monoisotopic (exact) mass is 374 g/mol. The normalized spacial score (nSPS) is 14.2. The van der Waals surface area contributed by atoms with Crippen molar-refractivity contribution < 1.29 is 9.59 Å². The Bertz CT molecular complexity index is 746. The molecule has 6 nitrogen and oxygen atoms in total. The molecule has 0 aliphatic carbocycles. The number of nitrogen functional groups attached to an aromatic ring is 1. The predicted octanol–water partition coefficient (Wildman–Crippen LogP) is 3.12. The maximum atomic E-state index is 12.3. The van der Waals surface area contributed by atoms with E-state index in [1.54, 1.807) is 29.2 Å². The van der Waals surface area contributed by atoms with Gasteiger partial charge in [0.25, 0.3) is 5.91 Å². The van der Waals surface area contributed by atoms with Gasteiger partial charge in [-0.05, 0) is 37.1 Å². The van der Waals surface area contributed by atoms with Crippen LogP contribution >= 0.6 is 12.4 Å². The summed E-state index contributed by atoms with van der Waals surface area (Å²) in [4.78, 5) is 26.4. The summed E-state index contributed by atoms with van der Waals surface area (Å²) in [7, 11) is 0. The molecule has 1 saturated heterocycles. The van der Waals surface area contributed by atoms with Gasteiger partial charge in [-0.2, -0.15) is 0 Å². The van der Waals surface area contributed by atoms with E-state index in [0.717, 1.165) is 18.5 Å². The molecule has 0 spiro atoms. The molecule has 0 bridgehead atoms. The van der Waals surface area contributed by atoms with E-state index in [9.17, 15) is 9.59 Å². The van der Waals surface area contributed by atoms with Crippen LogP contribution in [0.4, 0.5) is 16.2 Å². The number of likely N-dealkylation sites (tertiary alicyclic amines) is 1. The molecule has 1 aliphatic heterocycles. The number of para-hydroxylation sites is 2. The van der Waals surface area contributed by atoms with Gasteiger partial charge in [0.1, 0.15) is 0 Å². The lowest BCUT2D eigenvalue weighted by atomic mass is 10.0. The molecule has 26 heavy (non-hydrogen) atoms. The van der Waals surface area contributed by atoms with Crippen LogP contribution in [0.25, 0.3) is 0 Å². The highest BCUT2D eigenvalue weighted by atomic mass is 35.5. The van der Waals surface area contributed by atoms with Crippen molar-refractivity contribution in [2.45, 2.75) is 18.9 Å². The Morgan fingerprint density at radius 2 is 1.58 bits per heavy atom. The zero-order valence-electron chi connectivity index (χ0n) is 14.4. The standard InChI is InChI=1S/C19H22N4O2.ClH/c20-17-9-5-4-8-16(17)18(24)21-15-10-12-23(13-11-15)19(25)22-14-6-2-1-3-7-14;/h1-9,15H,10-13,20H2,(H,21,24)(H,22,25);1H. The number of benzene rings is 2. The van der Waals surface area contributed by atoms with Gasteiger partial charge in [-0.3, -0.25) is 4.79 Å². The van der Waals surface area contributed by atoms with Crippen molar-refractivity contribution in [3.05, 3.63) is 60.2 Å². The molecule has 0 saturated carbocycles. The largest absolute Gasteiger partial charge is 0.398 e. The average Bonchev–Trinajstić information content (AvgIpc) is 2.63. The minimum atomic E-state index is -0.162. The van der Waals surface area contributed by atoms with Crippen LogP contribution in [0.3, 0.4) is 0 Å². The van der Waals surface area contributed by atoms with E-state index in [0.29, 0.717) is 24.3 Å². The average molecular weight is 375 g/mol. The first kappa shape index (κ1) is 19.6. The van der Waals surface area contributed by atoms with E-state index < -0.39 is 0 Å². The van der Waals surface area contributed by atoms with Gasteiger partial charge in [0.2, 0.25) is 0 Å². The van der Waals surface area contributed by atoms with Crippen LogP contribution in [0, 0.1) is 0 Å². The fourth-order valence-corrected chi connectivity index (χ4v) is 2.92. The van der Waals surface area contributed by atoms with E-state index in [2.05, 4.69) is 10.6 Å². The molecule has 3 rings (SSSR count). The first-order valence-corrected chi connectivity index (χ1v) is 8.40. The number of halogens is 1. The lowest BCUT2D eigenvalue weighted by molar-refractivity contribution is 0.0920. The number of hydrogen-bond acceptors (Lipinski definition) is 3. The quantitative estimate of drug-likeness (QED) is 0.721. The van der Waals surface area contributed by atoms with Crippen molar-refractivity contribution in [1.82, 2.24) is 10.2 Å². The second kappa shape index (κ2) is 9.10. The molecule has 2 aromatic rings. The Balaban J connectivity index is 0.00000243. The van der Waals surface area contributed by atoms with Gasteiger partial charge in [-0.15, -0.1) is 12.4 Å². The molecule has 3 amide bonds. The van der Waals surface area contributed by atoms with Crippen LogP contribution in [-0.4, -0.2) is 36.0 Å². The Labute approximate surface area is 159 Å². The van der Waals surface area contributed by atoms with Crippen molar-refractivity contribution in [3.63, 3.8) is 0 Å². The smallest absolute Gasteiger partial charge is 0.321 e. The third-order valence-corrected chi connectivity index (χ3v) is 4.35. The second-order valence-electron chi connectivity index (χ2n) is 6.12. The van der Waals surface area contributed by atoms with E-state index >= 15 is 0 Å². The van der Waals surface area contributed by atoms with Crippen LogP contribution in [0.1, 0.15) is 23.2 Å². The van der Waals surface area contributed by atoms with Gasteiger partial charge in [0.05, 0.1) is 5.56 Å². The van der Waals surface area contributed by atoms with Gasteiger partial charge >= 0.3 is 6.03 Å². The highest BCUT2D eigenvalue weighted by Gasteiger charge is 2.24. The molecule has 0 unspecified atom stereocenters. The van der Waals surface area contributed by atoms with Gasteiger partial charge < -0.3 is 21.3 Å². The van der Waals surface area contributed by atoms with Gasteiger partial charge in [-0.25, -0.2) is 4.79 Å². The van der Waals surface area contributed by atoms with Gasteiger partial charge in [0.15, 0.2) is 0 Å². The number of hydrogen-bond donors (Lipinski definition) is 3. The van der Waals surface area contributed by atoms with Crippen molar-refractivity contribution in [2.24, 2.45) is 0 Å². The first-order valence-electron chi connectivity index (χ1n) is 8.40. The first-order chi connectivity index (χ1) is 12.1. The van der Waals surface area contributed by atoms with E-state index in [-0.39, 0.29) is 30.4 Å². The van der Waals surface area contributed by atoms with Crippen LogP contribution in [0.15, 0.2) is 54.6 Å². The minimum absolute atomic E-state index is 0. The number of carbonyl (C=O) groups excluding carboxylic acids is 2. The molecular weight excluding hydrogens is 352 g/mol. The fraction of sp³-hybridized carbons (Fsp3) is 0.263. The summed E-state index contributed by atoms with van der Waals surface area (Å²) in [6.07, 6.45) is 1.45. The maximum absolute atomic E-state index is 12.3. The summed E-state index contributed by atoms with van der Waals surface area (Å²) in [6.45, 7) is 1.21. The summed E-state index contributed by atoms with van der Waals surface area (Å²) in [5.41, 5.74) is 7.58. The Hall–Kier alpha value is -2.73. The third kappa shape index (κ3) is 4.89. The Kier molecular flexibility index (Phi) is 6.86. The summed E-state index contributed by atoms with van der Waals surface area (Å²) >= 11 is 0. The number of nitrogens with one attached hydrogen (secondary N) is 2. The van der Waals surface area contributed by atoms with Gasteiger partial charge in [-0.1, -0.05) is 30.3 Å². The van der Waals surface area contributed by atoms with Crippen molar-refractivity contribution in [1.29, 1.82) is 0 Å². The van der Waals surface area contributed by atoms with Crippen LogP contribution < -0.4 is 16.4 Å². The second-order valence-corrected chi connectivity index (χ2v) is 6.12. The number of anilines is 2. The van der Waals surface area contributed by atoms with Crippen molar-refractivity contribution in [2.75, 3.05) is 24.1 Å². The molecule has 7 heteroatoms. The maximum Gasteiger partial charge on any atom is 0.321 e. The molecule has 2 aromatic carbocycles. The molecule has 0 aromatic heterocycles. The summed E-state index contributed by atoms with van der Waals surface area (Å²) in [5.74, 6) is -0.162. The van der Waals surface area contributed by atoms with E-state index in [1.165, 1.54) is 0 Å². The highest BCUT2D eigenvalue weighted by Crippen LogP contribution is 2.15. The Morgan fingerprint density at radius 1 is 0.962 bits per heavy atom. The van der Waals surface area contributed by atoms with Gasteiger partial charge in [0, 0.05) is 30.5 Å². The lowest BCUT2D eigenvalue weighted by Crippen LogP contribution is -2.47. The summed E-state index contributed by atoms with van der Waals surface area (Å²) in [5, 5.41) is 5.89. The van der Waals surface area contributed by atoms with Crippen LogP contribution in [0.2, 0.25) is 0 Å². The summed E-state index contributed by atoms with van der Waals surface area (Å²) in [6, 6.07) is 16.3. The number of carbonyl (C=O) groups is 2. The highest BCUT2D eigenvalue weighted by molar-refractivity contribution is 5.99. The predicted molar refractivity (Wildman–Crippen MR) is 106 cm³/mol. The molecule has 0 atom stereocenters. The molecular formula is C19H23ClN4O2. The molecule has 0 radical (unpaired) electrons. The van der Waals surface area contributed by atoms with Crippen LogP contribution in [0.5, 0.6) is 0 Å². The van der Waals surface area contributed by atoms with Crippen molar-refractivity contribution in [3.8, 4) is 0 Å². The lowest BCUT2D eigenvalue weighted by Gasteiger charge is -2.32. The SMILES string of the molecule is Cl.Nc1ccccc1C(=O)NC1CCN(C(=O)Nc2ccccc2)CC1. The fourth-order valence-electron chi connectivity index (χ4n) is 2.92. The number of nitrogens with two attached hydrogens (primary N) is 1. The number of urea groups is 1. The Morgan fingerprint density at radius 3 is 2.23 bits per heavy atom. The van der Waals surface area contributed by atoms with Crippen LogP contribution in [-0.2, 0) is 0 Å². The minimum Gasteiger partial charge on any atom is -0.398 e. The molecule has 1 fully saturated rings. The molecule has 1 aliphatic rings. The zero-order chi connectivity index (χ0) is 17.6. The number of piperidine rings is 1. The molecule has 138 valence electrons. The summed E-state index contributed by atoms with van der Waals surface area (Å²) < 4.78 is 0. The van der Waals surface area contributed by atoms with E-state index in [4.69, 9.17) is 5.73 Å². The van der Waals surface area contributed by atoms with E-state index in [1.807, 2.05) is 30.3 Å². The molecule has 4 N–H and O–H groups in total. The van der Waals surface area contributed by atoms with Crippen molar-refractivity contribution >= 4 is 35.7 Å². The third-order valence-electron chi connectivity index (χ3n) is 4.35. The topological polar surface area (TPSA) is 87.5 Å².